The molecule has 2 aromatic heterocycles. The number of anilines is 2. The first kappa shape index (κ1) is 22.2. The fraction of sp³-hybridized carbons (Fsp3) is 0.231. The lowest BCUT2D eigenvalue weighted by Gasteiger charge is -2.23. The van der Waals surface area contributed by atoms with E-state index in [1.54, 1.807) is 34.3 Å². The molecule has 1 fully saturated rings. The predicted octanol–water partition coefficient (Wildman–Crippen LogP) is 5.03. The van der Waals surface area contributed by atoms with E-state index in [1.807, 2.05) is 32.0 Å². The van der Waals surface area contributed by atoms with Crippen LogP contribution < -0.4 is 9.80 Å². The molecule has 1 atom stereocenters. The van der Waals surface area contributed by atoms with Crippen molar-refractivity contribution < 1.29 is 14.0 Å². The quantitative estimate of drug-likeness (QED) is 0.407. The first-order chi connectivity index (χ1) is 16.4. The third-order valence-corrected chi connectivity index (χ3v) is 7.21. The average molecular weight is 475 g/mol. The minimum Gasteiger partial charge on any atom is -0.312 e. The molecule has 0 spiro atoms. The third-order valence-electron chi connectivity index (χ3n) is 5.98. The number of pyridine rings is 1. The lowest BCUT2D eigenvalue weighted by molar-refractivity contribution is -0.124. The molecule has 0 N–H and O–H groups in total. The Morgan fingerprint density at radius 3 is 2.74 bits per heavy atom. The van der Waals surface area contributed by atoms with Crippen LogP contribution in [0.3, 0.4) is 0 Å². The van der Waals surface area contributed by atoms with Crippen molar-refractivity contribution >= 4 is 44.2 Å². The minimum absolute atomic E-state index is 0.1000. The summed E-state index contributed by atoms with van der Waals surface area (Å²) in [6.45, 7) is 4.63. The number of fused-ring (bicyclic) bond motifs is 1. The van der Waals surface area contributed by atoms with Crippen molar-refractivity contribution in [1.82, 2.24) is 9.97 Å². The Bertz CT molecular complexity index is 1370. The summed E-state index contributed by atoms with van der Waals surface area (Å²) in [4.78, 5) is 38.7. The van der Waals surface area contributed by atoms with Crippen LogP contribution in [0.5, 0.6) is 0 Å². The topological polar surface area (TPSA) is 66.4 Å². The zero-order valence-corrected chi connectivity index (χ0v) is 19.7. The van der Waals surface area contributed by atoms with E-state index < -0.39 is 5.92 Å². The van der Waals surface area contributed by atoms with Gasteiger partial charge >= 0.3 is 0 Å². The molecule has 0 aliphatic carbocycles. The molecular formula is C26H23FN4O2S. The monoisotopic (exact) mass is 474 g/mol. The van der Waals surface area contributed by atoms with E-state index in [4.69, 9.17) is 4.98 Å². The highest BCUT2D eigenvalue weighted by atomic mass is 32.1. The smallest absolute Gasteiger partial charge is 0.234 e. The Balaban J connectivity index is 1.48. The number of benzene rings is 2. The number of aryl methyl sites for hydroxylation is 2. The molecule has 8 heteroatoms. The van der Waals surface area contributed by atoms with Crippen LogP contribution in [-0.4, -0.2) is 28.3 Å². The summed E-state index contributed by atoms with van der Waals surface area (Å²) >= 11 is 1.48. The van der Waals surface area contributed by atoms with Crippen molar-refractivity contribution in [1.29, 1.82) is 0 Å². The van der Waals surface area contributed by atoms with Gasteiger partial charge in [0.2, 0.25) is 11.8 Å². The number of carbonyl (C=O) groups excluding carboxylic acids is 2. The maximum atomic E-state index is 13.8. The number of aromatic nitrogens is 2. The lowest BCUT2D eigenvalue weighted by Crippen LogP contribution is -2.37. The van der Waals surface area contributed by atoms with E-state index in [1.165, 1.54) is 23.5 Å². The van der Waals surface area contributed by atoms with Crippen molar-refractivity contribution in [2.45, 2.75) is 26.8 Å². The van der Waals surface area contributed by atoms with Gasteiger partial charge in [-0.1, -0.05) is 23.5 Å². The van der Waals surface area contributed by atoms with E-state index in [2.05, 4.69) is 11.1 Å². The van der Waals surface area contributed by atoms with E-state index in [0.29, 0.717) is 17.4 Å². The average Bonchev–Trinajstić information content (AvgIpc) is 3.42. The molecule has 2 aromatic carbocycles. The number of thiazole rings is 1. The fourth-order valence-corrected chi connectivity index (χ4v) is 5.38. The Labute approximate surface area is 200 Å². The van der Waals surface area contributed by atoms with Crippen LogP contribution in [0.1, 0.15) is 23.1 Å². The molecule has 0 saturated carbocycles. The second-order valence-electron chi connectivity index (χ2n) is 8.59. The van der Waals surface area contributed by atoms with Gasteiger partial charge in [-0.05, 0) is 66.9 Å². The molecule has 3 heterocycles. The van der Waals surface area contributed by atoms with E-state index >= 15 is 0 Å². The Morgan fingerprint density at radius 1 is 1.21 bits per heavy atom. The van der Waals surface area contributed by atoms with Crippen molar-refractivity contribution in [3.05, 3.63) is 83.4 Å². The van der Waals surface area contributed by atoms with Gasteiger partial charge in [-0.15, -0.1) is 0 Å². The first-order valence-corrected chi connectivity index (χ1v) is 11.8. The van der Waals surface area contributed by atoms with Gasteiger partial charge in [0.05, 0.1) is 22.7 Å². The zero-order valence-electron chi connectivity index (χ0n) is 18.9. The minimum atomic E-state index is -0.524. The van der Waals surface area contributed by atoms with E-state index in [-0.39, 0.29) is 30.6 Å². The van der Waals surface area contributed by atoms with Gasteiger partial charge in [0.15, 0.2) is 5.13 Å². The highest BCUT2D eigenvalue weighted by Crippen LogP contribution is 2.35. The molecular weight excluding hydrogens is 451 g/mol. The normalized spacial score (nSPS) is 15.8. The summed E-state index contributed by atoms with van der Waals surface area (Å²) in [5.74, 6) is -1.20. The number of nitrogens with zero attached hydrogens (tertiary/aromatic N) is 4. The Morgan fingerprint density at radius 2 is 2.00 bits per heavy atom. The molecule has 2 amide bonds. The number of hydrogen-bond acceptors (Lipinski definition) is 5. The molecule has 1 unspecified atom stereocenters. The maximum Gasteiger partial charge on any atom is 0.234 e. The molecule has 6 nitrogen and oxygen atoms in total. The van der Waals surface area contributed by atoms with Crippen LogP contribution in [0.2, 0.25) is 0 Å². The molecule has 0 radical (unpaired) electrons. The SMILES string of the molecule is Cc1cc(C)c2sc(N(Cc3cccnc3)C(=O)C3CC(=O)N(c4ccc(F)cc4)C3)nc2c1. The molecule has 1 aliphatic heterocycles. The molecule has 5 rings (SSSR count). The van der Waals surface area contributed by atoms with Crippen LogP contribution >= 0.6 is 11.3 Å². The van der Waals surface area contributed by atoms with Gasteiger partial charge in [-0.25, -0.2) is 9.37 Å². The van der Waals surface area contributed by atoms with E-state index in [9.17, 15) is 14.0 Å². The van der Waals surface area contributed by atoms with Gasteiger partial charge in [-0.2, -0.15) is 0 Å². The summed E-state index contributed by atoms with van der Waals surface area (Å²) in [5, 5.41) is 0.602. The predicted molar refractivity (Wildman–Crippen MR) is 131 cm³/mol. The Kier molecular flexibility index (Phi) is 5.83. The third kappa shape index (κ3) is 4.28. The standard InChI is InChI=1S/C26H23FN4O2S/c1-16-10-17(2)24-22(11-16)29-26(34-24)31(14-18-4-3-9-28-13-18)25(33)19-12-23(32)30(15-19)21-7-5-20(27)6-8-21/h3-11,13,19H,12,14-15H2,1-2H3. The summed E-state index contributed by atoms with van der Waals surface area (Å²) in [6.07, 6.45) is 3.52. The van der Waals surface area contributed by atoms with Crippen LogP contribution in [0.15, 0.2) is 60.9 Å². The molecule has 0 bridgehead atoms. The fourth-order valence-electron chi connectivity index (χ4n) is 4.36. The number of hydrogen-bond donors (Lipinski definition) is 0. The lowest BCUT2D eigenvalue weighted by atomic mass is 10.1. The highest BCUT2D eigenvalue weighted by Gasteiger charge is 2.38. The van der Waals surface area contributed by atoms with Gasteiger partial charge in [0, 0.05) is 31.0 Å². The number of halogens is 1. The largest absolute Gasteiger partial charge is 0.312 e. The molecule has 1 saturated heterocycles. The Hall–Kier alpha value is -3.65. The summed E-state index contributed by atoms with van der Waals surface area (Å²) in [5.41, 5.74) is 4.56. The molecule has 4 aromatic rings. The van der Waals surface area contributed by atoms with E-state index in [0.717, 1.165) is 26.9 Å². The van der Waals surface area contributed by atoms with Crippen molar-refractivity contribution in [3.8, 4) is 0 Å². The summed E-state index contributed by atoms with van der Waals surface area (Å²) in [6, 6.07) is 13.6. The van der Waals surface area contributed by atoms with Crippen LogP contribution in [0, 0.1) is 25.6 Å². The first-order valence-electron chi connectivity index (χ1n) is 11.0. The maximum absolute atomic E-state index is 13.8. The second-order valence-corrected chi connectivity index (χ2v) is 9.57. The van der Waals surface area contributed by atoms with Gasteiger partial charge in [-0.3, -0.25) is 19.5 Å². The molecule has 34 heavy (non-hydrogen) atoms. The molecule has 1 aliphatic rings. The van der Waals surface area contributed by atoms with Crippen molar-refractivity contribution in [2.24, 2.45) is 5.92 Å². The summed E-state index contributed by atoms with van der Waals surface area (Å²) in [7, 11) is 0. The van der Waals surface area contributed by atoms with Gasteiger partial charge in [0.1, 0.15) is 5.82 Å². The van der Waals surface area contributed by atoms with Crippen molar-refractivity contribution in [3.63, 3.8) is 0 Å². The number of amides is 2. The van der Waals surface area contributed by atoms with Crippen LogP contribution in [-0.2, 0) is 16.1 Å². The second kappa shape index (κ2) is 8.95. The number of rotatable bonds is 5. The van der Waals surface area contributed by atoms with Crippen LogP contribution in [0.25, 0.3) is 10.2 Å². The van der Waals surface area contributed by atoms with Crippen LogP contribution in [0.4, 0.5) is 15.2 Å². The highest BCUT2D eigenvalue weighted by molar-refractivity contribution is 7.22. The number of carbonyl (C=O) groups is 2. The van der Waals surface area contributed by atoms with Crippen molar-refractivity contribution in [2.75, 3.05) is 16.3 Å². The zero-order chi connectivity index (χ0) is 23.8. The van der Waals surface area contributed by atoms with Gasteiger partial charge in [0.25, 0.3) is 0 Å². The molecule has 172 valence electrons. The van der Waals surface area contributed by atoms with Gasteiger partial charge < -0.3 is 4.90 Å². The summed E-state index contributed by atoms with van der Waals surface area (Å²) < 4.78 is 14.4.